The summed E-state index contributed by atoms with van der Waals surface area (Å²) in [5.41, 5.74) is 1.24. The molecule has 1 atom stereocenters. The van der Waals surface area contributed by atoms with Crippen molar-refractivity contribution in [3.05, 3.63) is 28.7 Å². The number of benzene rings is 1. The second-order valence-electron chi connectivity index (χ2n) is 4.34. The molecule has 0 bridgehead atoms. The molecule has 1 aromatic carbocycles. The largest absolute Gasteiger partial charge is 0.506 e. The lowest BCUT2D eigenvalue weighted by Crippen LogP contribution is -2.25. The fourth-order valence-electron chi connectivity index (χ4n) is 2.42. The van der Waals surface area contributed by atoms with Gasteiger partial charge in [-0.15, -0.1) is 0 Å². The summed E-state index contributed by atoms with van der Waals surface area (Å²) in [6.45, 7) is 0. The molecule has 0 spiro atoms. The number of rotatable bonds is 1. The number of phenols is 1. The van der Waals surface area contributed by atoms with Crippen molar-refractivity contribution >= 4 is 22.8 Å². The molecule has 4 nitrogen and oxygen atoms in total. The Bertz CT molecular complexity index is 596. The number of H-pyrrole nitrogens is 1. The number of aromatic hydroxyl groups is 1. The van der Waals surface area contributed by atoms with Gasteiger partial charge in [-0.3, -0.25) is 4.57 Å². The number of hydrogen-bond donors (Lipinski definition) is 2. The number of aromatic nitrogens is 2. The van der Waals surface area contributed by atoms with Crippen LogP contribution in [0.15, 0.2) is 23.0 Å². The van der Waals surface area contributed by atoms with Gasteiger partial charge in [0, 0.05) is 11.8 Å². The van der Waals surface area contributed by atoms with Crippen LogP contribution in [0.1, 0.15) is 18.9 Å². The monoisotopic (exact) mass is 250 g/mol. The van der Waals surface area contributed by atoms with E-state index in [2.05, 4.69) is 4.98 Å². The summed E-state index contributed by atoms with van der Waals surface area (Å²) in [6.07, 6.45) is 2.18. The Hall–Kier alpha value is -1.36. The van der Waals surface area contributed by atoms with E-state index in [9.17, 15) is 9.90 Å². The Balaban J connectivity index is 2.18. The lowest BCUT2D eigenvalue weighted by atomic mass is 10.1. The number of para-hydroxylation sites is 1. The number of nitrogens with one attached hydrogen (secondary N) is 1. The molecular formula is C12H14N2O2S. The highest BCUT2D eigenvalue weighted by Crippen LogP contribution is 2.30. The van der Waals surface area contributed by atoms with Gasteiger partial charge in [0.2, 0.25) is 0 Å². The molecule has 1 saturated heterocycles. The van der Waals surface area contributed by atoms with Crippen molar-refractivity contribution in [1.82, 2.24) is 9.55 Å². The van der Waals surface area contributed by atoms with Crippen LogP contribution in [0.4, 0.5) is 0 Å². The molecule has 0 saturated carbocycles. The molecule has 5 heteroatoms. The average Bonchev–Trinajstić information content (AvgIpc) is 2.68. The Kier molecular flexibility index (Phi) is 2.63. The van der Waals surface area contributed by atoms with Crippen molar-refractivity contribution in [2.45, 2.75) is 18.9 Å². The summed E-state index contributed by atoms with van der Waals surface area (Å²) in [6, 6.07) is 5.50. The number of fused-ring (bicyclic) bond motifs is 1. The summed E-state index contributed by atoms with van der Waals surface area (Å²) in [4.78, 5) is 14.7. The highest BCUT2D eigenvalue weighted by Gasteiger charge is 2.20. The second kappa shape index (κ2) is 4.14. The summed E-state index contributed by atoms with van der Waals surface area (Å²) in [5, 5.41) is 9.72. The van der Waals surface area contributed by atoms with Crippen LogP contribution in [0.2, 0.25) is 0 Å². The zero-order chi connectivity index (χ0) is 11.8. The summed E-state index contributed by atoms with van der Waals surface area (Å²) < 4.78 is 1.79. The van der Waals surface area contributed by atoms with Gasteiger partial charge < -0.3 is 10.1 Å². The first-order chi connectivity index (χ1) is 8.27. The normalized spacial score (nSPS) is 20.8. The number of hydrogen-bond acceptors (Lipinski definition) is 3. The molecule has 0 radical (unpaired) electrons. The number of thioether (sulfide) groups is 1. The maximum Gasteiger partial charge on any atom is 0.326 e. The maximum absolute atomic E-state index is 12.0. The van der Waals surface area contributed by atoms with Crippen LogP contribution in [0.3, 0.4) is 0 Å². The van der Waals surface area contributed by atoms with Gasteiger partial charge in [0.15, 0.2) is 0 Å². The fourth-order valence-corrected chi connectivity index (χ4v) is 3.55. The van der Waals surface area contributed by atoms with Gasteiger partial charge in [-0.25, -0.2) is 4.79 Å². The number of phenolic OH excluding ortho intramolecular Hbond substituents is 1. The van der Waals surface area contributed by atoms with Crippen LogP contribution >= 0.6 is 11.8 Å². The standard InChI is InChI=1S/C12H14N2O2S/c15-10-5-1-4-9-11(10)13-12(16)14(9)8-3-2-6-17-7-8/h1,4-5,8,15H,2-3,6-7H2,(H,13,16). The van der Waals surface area contributed by atoms with Crippen LogP contribution in [-0.2, 0) is 0 Å². The van der Waals surface area contributed by atoms with E-state index in [1.54, 1.807) is 16.7 Å². The third-order valence-electron chi connectivity index (χ3n) is 3.23. The molecule has 17 heavy (non-hydrogen) atoms. The van der Waals surface area contributed by atoms with E-state index < -0.39 is 0 Å². The van der Waals surface area contributed by atoms with Crippen LogP contribution in [-0.4, -0.2) is 26.2 Å². The fraction of sp³-hybridized carbons (Fsp3) is 0.417. The topological polar surface area (TPSA) is 58.0 Å². The molecule has 1 unspecified atom stereocenters. The van der Waals surface area contributed by atoms with Gasteiger partial charge in [0.25, 0.3) is 0 Å². The Morgan fingerprint density at radius 1 is 1.47 bits per heavy atom. The number of aromatic amines is 1. The predicted octanol–water partition coefficient (Wildman–Crippen LogP) is 2.10. The average molecular weight is 250 g/mol. The first kappa shape index (κ1) is 10.8. The minimum atomic E-state index is -0.117. The number of imidazole rings is 1. The van der Waals surface area contributed by atoms with Crippen LogP contribution in [0.25, 0.3) is 11.0 Å². The summed E-state index contributed by atoms with van der Waals surface area (Å²) in [7, 11) is 0. The molecule has 1 fully saturated rings. The lowest BCUT2D eigenvalue weighted by Gasteiger charge is -2.22. The van der Waals surface area contributed by atoms with Crippen LogP contribution < -0.4 is 5.69 Å². The molecule has 1 aromatic heterocycles. The first-order valence-corrected chi connectivity index (χ1v) is 6.93. The van der Waals surface area contributed by atoms with Crippen molar-refractivity contribution in [1.29, 1.82) is 0 Å². The smallest absolute Gasteiger partial charge is 0.326 e. The van der Waals surface area contributed by atoms with Crippen molar-refractivity contribution in [3.63, 3.8) is 0 Å². The van der Waals surface area contributed by atoms with Crippen molar-refractivity contribution in [3.8, 4) is 5.75 Å². The van der Waals surface area contributed by atoms with Crippen LogP contribution in [0, 0.1) is 0 Å². The third-order valence-corrected chi connectivity index (χ3v) is 4.43. The van der Waals surface area contributed by atoms with Crippen molar-refractivity contribution < 1.29 is 5.11 Å². The highest BCUT2D eigenvalue weighted by molar-refractivity contribution is 7.99. The van der Waals surface area contributed by atoms with Gasteiger partial charge >= 0.3 is 5.69 Å². The van der Waals surface area contributed by atoms with E-state index in [0.29, 0.717) is 5.52 Å². The van der Waals surface area contributed by atoms with Gasteiger partial charge in [0.05, 0.1) is 5.52 Å². The Morgan fingerprint density at radius 3 is 3.12 bits per heavy atom. The molecule has 2 heterocycles. The zero-order valence-electron chi connectivity index (χ0n) is 9.35. The van der Waals surface area contributed by atoms with E-state index in [0.717, 1.165) is 24.1 Å². The molecule has 1 aliphatic heterocycles. The van der Waals surface area contributed by atoms with E-state index >= 15 is 0 Å². The quantitative estimate of drug-likeness (QED) is 0.815. The molecule has 0 amide bonds. The van der Waals surface area contributed by atoms with E-state index in [4.69, 9.17) is 0 Å². The van der Waals surface area contributed by atoms with Crippen molar-refractivity contribution in [2.75, 3.05) is 11.5 Å². The zero-order valence-corrected chi connectivity index (χ0v) is 10.2. The lowest BCUT2D eigenvalue weighted by molar-refractivity contribution is 0.480. The van der Waals surface area contributed by atoms with Gasteiger partial charge in [-0.2, -0.15) is 11.8 Å². The van der Waals surface area contributed by atoms with Crippen molar-refractivity contribution in [2.24, 2.45) is 0 Å². The van der Waals surface area contributed by atoms with E-state index in [1.807, 2.05) is 17.8 Å². The Labute approximate surface area is 103 Å². The molecular weight excluding hydrogens is 236 g/mol. The SMILES string of the molecule is O=c1[nH]c2c(O)cccc2n1C1CCCSC1. The number of nitrogens with zero attached hydrogens (tertiary/aromatic N) is 1. The van der Waals surface area contributed by atoms with E-state index in [1.165, 1.54) is 5.75 Å². The molecule has 2 N–H and O–H groups in total. The molecule has 3 rings (SSSR count). The first-order valence-electron chi connectivity index (χ1n) is 5.77. The van der Waals surface area contributed by atoms with Gasteiger partial charge in [-0.1, -0.05) is 6.07 Å². The predicted molar refractivity (Wildman–Crippen MR) is 69.8 cm³/mol. The Morgan fingerprint density at radius 2 is 2.35 bits per heavy atom. The van der Waals surface area contributed by atoms with Crippen LogP contribution in [0.5, 0.6) is 5.75 Å². The molecule has 90 valence electrons. The third kappa shape index (κ3) is 1.74. The van der Waals surface area contributed by atoms with E-state index in [-0.39, 0.29) is 17.5 Å². The summed E-state index contributed by atoms with van der Waals surface area (Å²) >= 11 is 1.89. The maximum atomic E-state index is 12.0. The molecule has 2 aromatic rings. The molecule has 1 aliphatic rings. The van der Waals surface area contributed by atoms with Gasteiger partial charge in [-0.05, 0) is 30.7 Å². The minimum Gasteiger partial charge on any atom is -0.506 e. The molecule has 0 aliphatic carbocycles. The van der Waals surface area contributed by atoms with Gasteiger partial charge in [0.1, 0.15) is 11.3 Å². The highest BCUT2D eigenvalue weighted by atomic mass is 32.2. The minimum absolute atomic E-state index is 0.117. The second-order valence-corrected chi connectivity index (χ2v) is 5.49. The summed E-state index contributed by atoms with van der Waals surface area (Å²) in [5.74, 6) is 2.29.